The third-order valence-electron chi connectivity index (χ3n) is 5.60. The third-order valence-corrected chi connectivity index (χ3v) is 5.60. The van der Waals surface area contributed by atoms with Crippen LogP contribution in [0.5, 0.6) is 0 Å². The highest BCUT2D eigenvalue weighted by Crippen LogP contribution is 2.24. The van der Waals surface area contributed by atoms with E-state index in [-0.39, 0.29) is 17.8 Å². The molecule has 1 amide bonds. The molecule has 0 saturated carbocycles. The number of likely N-dealkylation sites (tertiary alicyclic amines) is 1. The van der Waals surface area contributed by atoms with Gasteiger partial charge in [0.1, 0.15) is 0 Å². The molecular formula is C24H33N3O3. The van der Waals surface area contributed by atoms with Gasteiger partial charge < -0.3 is 9.64 Å². The molecule has 1 atom stereocenters. The summed E-state index contributed by atoms with van der Waals surface area (Å²) < 4.78 is 7.13. The average Bonchev–Trinajstić information content (AvgIpc) is 3.02. The van der Waals surface area contributed by atoms with Crippen LogP contribution in [0.1, 0.15) is 60.9 Å². The summed E-state index contributed by atoms with van der Waals surface area (Å²) >= 11 is 0. The molecule has 3 rings (SSSR count). The molecular weight excluding hydrogens is 378 g/mol. The Hall–Kier alpha value is -2.63. The maximum Gasteiger partial charge on any atom is 0.310 e. The smallest absolute Gasteiger partial charge is 0.310 e. The maximum absolute atomic E-state index is 13.5. The molecule has 1 aromatic carbocycles. The van der Waals surface area contributed by atoms with Crippen LogP contribution in [0.3, 0.4) is 0 Å². The van der Waals surface area contributed by atoms with Gasteiger partial charge in [0.05, 0.1) is 30.3 Å². The average molecular weight is 412 g/mol. The van der Waals surface area contributed by atoms with Gasteiger partial charge in [-0.15, -0.1) is 0 Å². The van der Waals surface area contributed by atoms with Crippen molar-refractivity contribution in [1.29, 1.82) is 0 Å². The number of carbonyl (C=O) groups is 2. The van der Waals surface area contributed by atoms with Crippen LogP contribution in [-0.2, 0) is 22.5 Å². The van der Waals surface area contributed by atoms with Gasteiger partial charge in [-0.05, 0) is 44.6 Å². The van der Waals surface area contributed by atoms with E-state index in [4.69, 9.17) is 9.84 Å². The molecule has 1 aliphatic rings. The first-order chi connectivity index (χ1) is 14.4. The maximum atomic E-state index is 13.5. The molecule has 0 radical (unpaired) electrons. The molecule has 30 heavy (non-hydrogen) atoms. The lowest BCUT2D eigenvalue weighted by atomic mass is 9.96. The van der Waals surface area contributed by atoms with Gasteiger partial charge in [0, 0.05) is 18.8 Å². The van der Waals surface area contributed by atoms with Crippen molar-refractivity contribution in [3.05, 3.63) is 52.8 Å². The summed E-state index contributed by atoms with van der Waals surface area (Å²) in [7, 11) is 0. The van der Waals surface area contributed by atoms with Crippen LogP contribution in [0.4, 0.5) is 0 Å². The first-order valence-electron chi connectivity index (χ1n) is 11.0. The van der Waals surface area contributed by atoms with Crippen LogP contribution in [0.15, 0.2) is 30.3 Å². The molecule has 2 aromatic rings. The lowest BCUT2D eigenvalue weighted by molar-refractivity contribution is -0.149. The second-order valence-corrected chi connectivity index (χ2v) is 8.49. The van der Waals surface area contributed by atoms with Gasteiger partial charge in [0.2, 0.25) is 0 Å². The summed E-state index contributed by atoms with van der Waals surface area (Å²) in [4.78, 5) is 27.6. The number of nitrogens with zero attached hydrogens (tertiary/aromatic N) is 3. The normalized spacial score (nSPS) is 16.7. The van der Waals surface area contributed by atoms with Crippen LogP contribution in [0.2, 0.25) is 0 Å². The van der Waals surface area contributed by atoms with Crippen LogP contribution in [-0.4, -0.2) is 46.3 Å². The molecule has 162 valence electrons. The molecule has 1 saturated heterocycles. The third kappa shape index (κ3) is 5.10. The van der Waals surface area contributed by atoms with Crippen LogP contribution in [0, 0.1) is 18.8 Å². The zero-order valence-electron chi connectivity index (χ0n) is 18.6. The Morgan fingerprint density at radius 1 is 1.23 bits per heavy atom. The summed E-state index contributed by atoms with van der Waals surface area (Å²) in [6.45, 7) is 10.1. The number of hydrogen-bond acceptors (Lipinski definition) is 4. The minimum atomic E-state index is -0.240. The molecule has 2 heterocycles. The minimum Gasteiger partial charge on any atom is -0.466 e. The molecule has 0 N–H and O–H groups in total. The Kier molecular flexibility index (Phi) is 7.29. The van der Waals surface area contributed by atoms with Crippen molar-refractivity contribution in [2.24, 2.45) is 11.8 Å². The van der Waals surface area contributed by atoms with Gasteiger partial charge in [-0.1, -0.05) is 44.2 Å². The van der Waals surface area contributed by atoms with E-state index in [9.17, 15) is 9.59 Å². The Bertz CT molecular complexity index is 873. The van der Waals surface area contributed by atoms with Gasteiger partial charge in [0.25, 0.3) is 5.91 Å². The first-order valence-corrected chi connectivity index (χ1v) is 11.0. The van der Waals surface area contributed by atoms with Crippen molar-refractivity contribution in [3.63, 3.8) is 0 Å². The fourth-order valence-corrected chi connectivity index (χ4v) is 4.10. The second kappa shape index (κ2) is 9.92. The molecule has 6 nitrogen and oxygen atoms in total. The zero-order chi connectivity index (χ0) is 21.7. The van der Waals surface area contributed by atoms with E-state index >= 15 is 0 Å². The van der Waals surface area contributed by atoms with Gasteiger partial charge in [-0.25, -0.2) is 0 Å². The summed E-state index contributed by atoms with van der Waals surface area (Å²) in [5, 5.41) is 4.82. The highest BCUT2D eigenvalue weighted by molar-refractivity contribution is 5.97. The monoisotopic (exact) mass is 411 g/mol. The second-order valence-electron chi connectivity index (χ2n) is 8.49. The Morgan fingerprint density at radius 2 is 1.97 bits per heavy atom. The fourth-order valence-electron chi connectivity index (χ4n) is 4.10. The molecule has 6 heteroatoms. The number of carbonyl (C=O) groups excluding carboxylic acids is 2. The molecule has 1 fully saturated rings. The van der Waals surface area contributed by atoms with E-state index in [1.54, 1.807) is 0 Å². The molecule has 0 bridgehead atoms. The van der Waals surface area contributed by atoms with E-state index in [2.05, 4.69) is 26.0 Å². The lowest BCUT2D eigenvalue weighted by Crippen LogP contribution is -2.43. The summed E-state index contributed by atoms with van der Waals surface area (Å²) in [5.74, 6) is -0.0640. The van der Waals surface area contributed by atoms with Crippen molar-refractivity contribution in [2.45, 2.75) is 53.5 Å². The highest BCUT2D eigenvalue weighted by Gasteiger charge is 2.32. The highest BCUT2D eigenvalue weighted by atomic mass is 16.5. The van der Waals surface area contributed by atoms with E-state index in [1.807, 2.05) is 41.6 Å². The van der Waals surface area contributed by atoms with Gasteiger partial charge in [-0.3, -0.25) is 14.3 Å². The largest absolute Gasteiger partial charge is 0.466 e. The minimum absolute atomic E-state index is 0.0172. The van der Waals surface area contributed by atoms with Gasteiger partial charge in [-0.2, -0.15) is 5.10 Å². The van der Waals surface area contributed by atoms with E-state index in [0.29, 0.717) is 37.7 Å². The number of rotatable bonds is 7. The van der Waals surface area contributed by atoms with Crippen molar-refractivity contribution in [3.8, 4) is 0 Å². The number of hydrogen-bond donors (Lipinski definition) is 0. The Morgan fingerprint density at radius 3 is 2.63 bits per heavy atom. The van der Waals surface area contributed by atoms with Crippen LogP contribution in [0.25, 0.3) is 0 Å². The number of ether oxygens (including phenoxy) is 1. The lowest BCUT2D eigenvalue weighted by Gasteiger charge is -2.31. The van der Waals surface area contributed by atoms with Crippen molar-refractivity contribution in [1.82, 2.24) is 14.7 Å². The van der Waals surface area contributed by atoms with Crippen molar-refractivity contribution in [2.75, 3.05) is 19.7 Å². The van der Waals surface area contributed by atoms with Crippen LogP contribution >= 0.6 is 0 Å². The van der Waals surface area contributed by atoms with E-state index < -0.39 is 0 Å². The molecule has 1 aromatic heterocycles. The molecule has 1 aliphatic heterocycles. The Labute approximate surface area is 179 Å². The number of aromatic nitrogens is 2. The van der Waals surface area contributed by atoms with E-state index in [0.717, 1.165) is 36.2 Å². The SMILES string of the molecule is CCOC(=O)[C@@H]1CCCN(C(=O)c2c(CC(C)C)nn(Cc3ccccc3)c2C)C1. The summed E-state index contributed by atoms with van der Waals surface area (Å²) in [5.41, 5.74) is 3.59. The van der Waals surface area contributed by atoms with E-state index in [1.165, 1.54) is 0 Å². The van der Waals surface area contributed by atoms with Crippen molar-refractivity contribution >= 4 is 11.9 Å². The van der Waals surface area contributed by atoms with Crippen LogP contribution < -0.4 is 0 Å². The number of piperidine rings is 1. The quantitative estimate of drug-likeness (QED) is 0.649. The number of benzene rings is 1. The number of amides is 1. The first kappa shape index (κ1) is 22.1. The Balaban J connectivity index is 1.87. The summed E-state index contributed by atoms with van der Waals surface area (Å²) in [6.07, 6.45) is 2.33. The fraction of sp³-hybridized carbons (Fsp3) is 0.542. The van der Waals surface area contributed by atoms with Gasteiger partial charge >= 0.3 is 5.97 Å². The standard InChI is InChI=1S/C24H33N3O3/c1-5-30-24(29)20-12-9-13-26(16-20)23(28)22-18(4)27(25-21(22)14-17(2)3)15-19-10-7-6-8-11-19/h6-8,10-11,17,20H,5,9,12-16H2,1-4H3/t20-/m1/s1. The predicted molar refractivity (Wildman–Crippen MR) is 116 cm³/mol. The predicted octanol–water partition coefficient (Wildman–Crippen LogP) is 3.85. The molecule has 0 spiro atoms. The molecule has 0 unspecified atom stereocenters. The van der Waals surface area contributed by atoms with Crippen molar-refractivity contribution < 1.29 is 14.3 Å². The summed E-state index contributed by atoms with van der Waals surface area (Å²) in [6, 6.07) is 10.2. The molecule has 0 aliphatic carbocycles. The topological polar surface area (TPSA) is 64.4 Å². The number of esters is 1. The van der Waals surface area contributed by atoms with Gasteiger partial charge in [0.15, 0.2) is 0 Å². The zero-order valence-corrected chi connectivity index (χ0v) is 18.6.